The molecule has 0 saturated heterocycles. The summed E-state index contributed by atoms with van der Waals surface area (Å²) >= 11 is 1.41. The van der Waals surface area contributed by atoms with Gasteiger partial charge in [-0.05, 0) is 23.3 Å². The number of thioether (sulfide) groups is 1. The minimum absolute atomic E-state index is 0.0425. The third-order valence-corrected chi connectivity index (χ3v) is 4.85. The Morgan fingerprint density at radius 2 is 1.92 bits per heavy atom. The summed E-state index contributed by atoms with van der Waals surface area (Å²) in [6.45, 7) is 0. The van der Waals surface area contributed by atoms with Crippen molar-refractivity contribution in [3.8, 4) is 6.07 Å². The standard InChI is InChI=1S/C19H15N3O3S/c20-10-15-16(13-6-2-1-3-7-13)21-19(22-17(15)23)26-11-12-5-4-8-14(9-12)18(24)25/h1-9,19,21H,11H2,(H,22,23)(H,24,25). The van der Waals surface area contributed by atoms with Crippen LogP contribution in [0.25, 0.3) is 5.70 Å². The molecule has 1 amide bonds. The largest absolute Gasteiger partial charge is 0.478 e. The molecule has 2 aromatic rings. The molecule has 3 rings (SSSR count). The second-order valence-corrected chi connectivity index (χ2v) is 6.64. The van der Waals surface area contributed by atoms with Crippen LogP contribution in [0.1, 0.15) is 21.5 Å². The molecule has 1 heterocycles. The number of nitriles is 1. The summed E-state index contributed by atoms with van der Waals surface area (Å²) in [4.78, 5) is 23.3. The fourth-order valence-electron chi connectivity index (χ4n) is 2.54. The maximum absolute atomic E-state index is 12.3. The molecule has 0 spiro atoms. The Morgan fingerprint density at radius 1 is 1.15 bits per heavy atom. The lowest BCUT2D eigenvalue weighted by molar-refractivity contribution is -0.117. The quantitative estimate of drug-likeness (QED) is 0.753. The molecule has 3 N–H and O–H groups in total. The van der Waals surface area contributed by atoms with Crippen molar-refractivity contribution in [3.05, 3.63) is 76.9 Å². The second-order valence-electron chi connectivity index (χ2n) is 5.54. The lowest BCUT2D eigenvalue weighted by Gasteiger charge is -2.28. The molecule has 1 aliphatic rings. The number of hydrogen-bond donors (Lipinski definition) is 3. The third kappa shape index (κ3) is 3.87. The smallest absolute Gasteiger partial charge is 0.335 e. The van der Waals surface area contributed by atoms with Gasteiger partial charge in [0.2, 0.25) is 0 Å². The number of nitrogens with one attached hydrogen (secondary N) is 2. The molecule has 1 aliphatic heterocycles. The van der Waals surface area contributed by atoms with Crippen molar-refractivity contribution in [2.24, 2.45) is 0 Å². The molecule has 0 aliphatic carbocycles. The van der Waals surface area contributed by atoms with E-state index in [1.54, 1.807) is 12.1 Å². The van der Waals surface area contributed by atoms with Crippen molar-refractivity contribution in [2.45, 2.75) is 11.3 Å². The minimum atomic E-state index is -0.978. The molecular weight excluding hydrogens is 350 g/mol. The highest BCUT2D eigenvalue weighted by Crippen LogP contribution is 2.25. The van der Waals surface area contributed by atoms with Crippen LogP contribution < -0.4 is 10.6 Å². The van der Waals surface area contributed by atoms with Crippen LogP contribution in [0.3, 0.4) is 0 Å². The molecule has 0 fully saturated rings. The number of carbonyl (C=O) groups excluding carboxylic acids is 1. The monoisotopic (exact) mass is 365 g/mol. The number of rotatable bonds is 5. The number of carboxylic acid groups (broad SMARTS) is 1. The number of nitrogens with zero attached hydrogens (tertiary/aromatic N) is 1. The molecule has 0 radical (unpaired) electrons. The molecule has 0 saturated carbocycles. The van der Waals surface area contributed by atoms with Gasteiger partial charge in [-0.2, -0.15) is 5.26 Å². The molecule has 0 aromatic heterocycles. The molecule has 7 heteroatoms. The van der Waals surface area contributed by atoms with Crippen LogP contribution in [0.2, 0.25) is 0 Å². The fourth-order valence-corrected chi connectivity index (χ4v) is 3.47. The fraction of sp³-hybridized carbons (Fsp3) is 0.105. The van der Waals surface area contributed by atoms with E-state index in [-0.39, 0.29) is 11.1 Å². The predicted molar refractivity (Wildman–Crippen MR) is 98.7 cm³/mol. The van der Waals surface area contributed by atoms with Gasteiger partial charge >= 0.3 is 5.97 Å². The van der Waals surface area contributed by atoms with Crippen LogP contribution in [-0.2, 0) is 10.5 Å². The average molecular weight is 365 g/mol. The molecule has 26 heavy (non-hydrogen) atoms. The highest BCUT2D eigenvalue weighted by atomic mass is 32.2. The SMILES string of the molecule is N#CC1=C(c2ccccc2)NC(SCc2cccc(C(=O)O)c2)NC1=O. The Morgan fingerprint density at radius 3 is 2.62 bits per heavy atom. The van der Waals surface area contributed by atoms with Crippen molar-refractivity contribution in [2.75, 3.05) is 0 Å². The molecule has 130 valence electrons. The van der Waals surface area contributed by atoms with Gasteiger partial charge < -0.3 is 15.7 Å². The third-order valence-electron chi connectivity index (χ3n) is 3.78. The van der Waals surface area contributed by atoms with Crippen molar-refractivity contribution in [1.29, 1.82) is 5.26 Å². The predicted octanol–water partition coefficient (Wildman–Crippen LogP) is 2.56. The van der Waals surface area contributed by atoms with Crippen LogP contribution >= 0.6 is 11.8 Å². The molecule has 6 nitrogen and oxygen atoms in total. The number of hydrogen-bond acceptors (Lipinski definition) is 5. The topological polar surface area (TPSA) is 102 Å². The number of amides is 1. The van der Waals surface area contributed by atoms with Gasteiger partial charge in [0, 0.05) is 5.75 Å². The van der Waals surface area contributed by atoms with Crippen molar-refractivity contribution in [3.63, 3.8) is 0 Å². The van der Waals surface area contributed by atoms with Gasteiger partial charge in [-0.3, -0.25) is 4.79 Å². The average Bonchev–Trinajstić information content (AvgIpc) is 2.67. The first kappa shape index (κ1) is 17.6. The Labute approximate surface area is 154 Å². The van der Waals surface area contributed by atoms with E-state index in [0.29, 0.717) is 11.4 Å². The first-order valence-corrected chi connectivity index (χ1v) is 8.84. The first-order valence-electron chi connectivity index (χ1n) is 7.79. The summed E-state index contributed by atoms with van der Waals surface area (Å²) in [7, 11) is 0. The van der Waals surface area contributed by atoms with E-state index in [1.807, 2.05) is 42.5 Å². The van der Waals surface area contributed by atoms with Crippen LogP contribution in [0.15, 0.2) is 60.2 Å². The molecule has 2 aromatic carbocycles. The van der Waals surface area contributed by atoms with Crippen molar-refractivity contribution >= 4 is 29.3 Å². The number of aromatic carboxylic acids is 1. The Hall–Kier alpha value is -3.24. The van der Waals surface area contributed by atoms with Gasteiger partial charge in [-0.25, -0.2) is 4.79 Å². The van der Waals surface area contributed by atoms with E-state index in [1.165, 1.54) is 17.8 Å². The maximum Gasteiger partial charge on any atom is 0.335 e. The zero-order valence-electron chi connectivity index (χ0n) is 13.6. The highest BCUT2D eigenvalue weighted by Gasteiger charge is 2.27. The van der Waals surface area contributed by atoms with Crippen LogP contribution in [0.5, 0.6) is 0 Å². The molecule has 1 unspecified atom stereocenters. The van der Waals surface area contributed by atoms with Gasteiger partial charge in [-0.15, -0.1) is 11.8 Å². The normalized spacial score (nSPS) is 16.4. The van der Waals surface area contributed by atoms with Crippen LogP contribution in [0, 0.1) is 11.3 Å². The van der Waals surface area contributed by atoms with E-state index in [4.69, 9.17) is 5.11 Å². The zero-order valence-corrected chi connectivity index (χ0v) is 14.4. The van der Waals surface area contributed by atoms with Crippen LogP contribution in [0.4, 0.5) is 0 Å². The van der Waals surface area contributed by atoms with E-state index in [2.05, 4.69) is 10.6 Å². The molecule has 1 atom stereocenters. The summed E-state index contributed by atoms with van der Waals surface area (Å²) in [5, 5.41) is 24.3. The Balaban J connectivity index is 1.76. The molecular formula is C19H15N3O3S. The zero-order chi connectivity index (χ0) is 18.5. The molecule has 0 bridgehead atoms. The van der Waals surface area contributed by atoms with Gasteiger partial charge in [0.15, 0.2) is 0 Å². The first-order chi connectivity index (χ1) is 12.6. The van der Waals surface area contributed by atoms with E-state index >= 15 is 0 Å². The maximum atomic E-state index is 12.3. The lowest BCUT2D eigenvalue weighted by Crippen LogP contribution is -2.47. The highest BCUT2D eigenvalue weighted by molar-refractivity contribution is 7.99. The summed E-state index contributed by atoms with van der Waals surface area (Å²) in [6.07, 6.45) is 0. The Kier molecular flexibility index (Phi) is 5.25. The van der Waals surface area contributed by atoms with E-state index < -0.39 is 17.4 Å². The lowest BCUT2D eigenvalue weighted by atomic mass is 10.1. The Bertz CT molecular complexity index is 919. The van der Waals surface area contributed by atoms with Gasteiger partial charge in [0.05, 0.1) is 11.3 Å². The van der Waals surface area contributed by atoms with Crippen molar-refractivity contribution < 1.29 is 14.7 Å². The van der Waals surface area contributed by atoms with E-state index in [9.17, 15) is 14.9 Å². The van der Waals surface area contributed by atoms with E-state index in [0.717, 1.165) is 11.1 Å². The van der Waals surface area contributed by atoms with Crippen molar-refractivity contribution in [1.82, 2.24) is 10.6 Å². The summed E-state index contributed by atoms with van der Waals surface area (Å²) in [6, 6.07) is 17.8. The van der Waals surface area contributed by atoms with Gasteiger partial charge in [0.1, 0.15) is 17.1 Å². The number of benzene rings is 2. The van der Waals surface area contributed by atoms with Gasteiger partial charge in [-0.1, -0.05) is 42.5 Å². The number of carboxylic acids is 1. The summed E-state index contributed by atoms with van der Waals surface area (Å²) in [5.74, 6) is -0.904. The summed E-state index contributed by atoms with van der Waals surface area (Å²) < 4.78 is 0. The van der Waals surface area contributed by atoms with Crippen LogP contribution in [-0.4, -0.2) is 22.5 Å². The number of carbonyl (C=O) groups is 2. The second kappa shape index (κ2) is 7.76. The summed E-state index contributed by atoms with van der Waals surface area (Å²) in [5.41, 5.74) is 1.93. The minimum Gasteiger partial charge on any atom is -0.478 e. The van der Waals surface area contributed by atoms with Gasteiger partial charge in [0.25, 0.3) is 5.91 Å².